The summed E-state index contributed by atoms with van der Waals surface area (Å²) >= 11 is 0. The number of aliphatic hydroxyl groups excluding tert-OH is 1. The quantitative estimate of drug-likeness (QED) is 0.733. The molecule has 1 aromatic rings. The van der Waals surface area contributed by atoms with Gasteiger partial charge in [-0.2, -0.15) is 0 Å². The van der Waals surface area contributed by atoms with Crippen LogP contribution in [-0.2, 0) is 13.5 Å². The number of hydrogen-bond acceptors (Lipinski definition) is 3. The number of aryl methyl sites for hydroxylation is 1. The van der Waals surface area contributed by atoms with Crippen molar-refractivity contribution in [1.82, 2.24) is 4.57 Å². The van der Waals surface area contributed by atoms with Gasteiger partial charge in [-0.25, -0.2) is 0 Å². The molecule has 1 heterocycles. The first-order valence-electron chi connectivity index (χ1n) is 4.57. The predicted octanol–water partition coefficient (Wildman–Crippen LogP) is 0.324. The van der Waals surface area contributed by atoms with E-state index in [0.717, 1.165) is 5.69 Å². The van der Waals surface area contributed by atoms with E-state index in [1.807, 2.05) is 0 Å². The molecule has 0 aromatic carbocycles. The first kappa shape index (κ1) is 10.8. The maximum Gasteiger partial charge on any atom is 0.257 e. The van der Waals surface area contributed by atoms with Crippen molar-refractivity contribution in [1.29, 1.82) is 0 Å². The van der Waals surface area contributed by atoms with Crippen LogP contribution in [0.15, 0.2) is 10.9 Å². The van der Waals surface area contributed by atoms with Gasteiger partial charge in [-0.1, -0.05) is 0 Å². The average molecular weight is 197 g/mol. The molecule has 4 heteroatoms. The Morgan fingerprint density at radius 3 is 2.71 bits per heavy atom. The lowest BCUT2D eigenvalue weighted by Gasteiger charge is -2.09. The zero-order valence-corrected chi connectivity index (χ0v) is 8.45. The molecule has 0 unspecified atom stereocenters. The molecular weight excluding hydrogens is 182 g/mol. The number of aliphatic hydroxyl groups is 1. The second-order valence-electron chi connectivity index (χ2n) is 3.34. The van der Waals surface area contributed by atoms with E-state index in [1.165, 1.54) is 4.57 Å². The molecule has 0 radical (unpaired) electrons. The standard InChI is InChI=1S/C10H15NO3/c1-7-9(13)6-8(4-3-5-12)11(2)10(7)14/h6,12-13H,3-5H2,1-2H3. The van der Waals surface area contributed by atoms with Crippen molar-refractivity contribution < 1.29 is 10.2 Å². The van der Waals surface area contributed by atoms with Gasteiger partial charge in [0, 0.05) is 19.3 Å². The minimum Gasteiger partial charge on any atom is -0.507 e. The Morgan fingerprint density at radius 1 is 1.50 bits per heavy atom. The largest absolute Gasteiger partial charge is 0.507 e. The third-order valence-corrected chi connectivity index (χ3v) is 2.33. The molecule has 0 aliphatic heterocycles. The van der Waals surface area contributed by atoms with Crippen LogP contribution in [0.3, 0.4) is 0 Å². The fourth-order valence-corrected chi connectivity index (χ4v) is 1.35. The molecule has 0 atom stereocenters. The molecule has 0 fully saturated rings. The van der Waals surface area contributed by atoms with E-state index >= 15 is 0 Å². The number of aromatic hydroxyl groups is 1. The molecule has 0 amide bonds. The lowest BCUT2D eigenvalue weighted by molar-refractivity contribution is 0.287. The van der Waals surface area contributed by atoms with E-state index in [9.17, 15) is 9.90 Å². The highest BCUT2D eigenvalue weighted by atomic mass is 16.3. The minimum atomic E-state index is -0.182. The van der Waals surface area contributed by atoms with Crippen molar-refractivity contribution in [3.8, 4) is 5.75 Å². The Bertz CT molecular complexity index is 382. The summed E-state index contributed by atoms with van der Waals surface area (Å²) in [6.07, 6.45) is 1.19. The van der Waals surface area contributed by atoms with E-state index in [1.54, 1.807) is 20.0 Å². The van der Waals surface area contributed by atoms with Crippen LogP contribution < -0.4 is 5.56 Å². The summed E-state index contributed by atoms with van der Waals surface area (Å²) in [6.45, 7) is 1.68. The highest BCUT2D eigenvalue weighted by Gasteiger charge is 2.07. The van der Waals surface area contributed by atoms with Gasteiger partial charge in [-0.15, -0.1) is 0 Å². The Hall–Kier alpha value is -1.29. The zero-order valence-electron chi connectivity index (χ0n) is 8.45. The Morgan fingerprint density at radius 2 is 2.14 bits per heavy atom. The number of rotatable bonds is 3. The molecule has 1 rings (SSSR count). The number of aromatic nitrogens is 1. The van der Waals surface area contributed by atoms with Crippen LogP contribution in [0.2, 0.25) is 0 Å². The van der Waals surface area contributed by atoms with Crippen LogP contribution in [0.25, 0.3) is 0 Å². The summed E-state index contributed by atoms with van der Waals surface area (Å²) in [6, 6.07) is 1.58. The van der Waals surface area contributed by atoms with Gasteiger partial charge < -0.3 is 14.8 Å². The summed E-state index contributed by atoms with van der Waals surface area (Å²) in [5.74, 6) is 0.0287. The van der Waals surface area contributed by atoms with Crippen molar-refractivity contribution in [3.05, 3.63) is 27.7 Å². The van der Waals surface area contributed by atoms with Crippen LogP contribution in [0.5, 0.6) is 5.75 Å². The van der Waals surface area contributed by atoms with Gasteiger partial charge >= 0.3 is 0 Å². The van der Waals surface area contributed by atoms with E-state index < -0.39 is 0 Å². The molecule has 1 aromatic heterocycles. The monoisotopic (exact) mass is 197 g/mol. The first-order valence-corrected chi connectivity index (χ1v) is 4.57. The lowest BCUT2D eigenvalue weighted by Crippen LogP contribution is -2.22. The van der Waals surface area contributed by atoms with Gasteiger partial charge in [0.25, 0.3) is 5.56 Å². The van der Waals surface area contributed by atoms with Crippen molar-refractivity contribution in [2.24, 2.45) is 7.05 Å². The molecule has 0 bridgehead atoms. The fraction of sp³-hybridized carbons (Fsp3) is 0.500. The third kappa shape index (κ3) is 1.96. The van der Waals surface area contributed by atoms with Crippen LogP contribution in [0.4, 0.5) is 0 Å². The van der Waals surface area contributed by atoms with Crippen LogP contribution in [-0.4, -0.2) is 21.4 Å². The second-order valence-corrected chi connectivity index (χ2v) is 3.34. The Kier molecular flexibility index (Phi) is 3.30. The van der Waals surface area contributed by atoms with Crippen LogP contribution >= 0.6 is 0 Å². The van der Waals surface area contributed by atoms with Gasteiger partial charge in [0.05, 0.1) is 5.56 Å². The molecule has 0 aliphatic carbocycles. The summed E-state index contributed by atoms with van der Waals surface area (Å²) in [4.78, 5) is 11.5. The number of pyridine rings is 1. The number of nitrogens with zero attached hydrogens (tertiary/aromatic N) is 1. The zero-order chi connectivity index (χ0) is 10.7. The summed E-state index contributed by atoms with van der Waals surface area (Å²) < 4.78 is 1.50. The molecule has 0 saturated heterocycles. The maximum atomic E-state index is 11.5. The lowest BCUT2D eigenvalue weighted by atomic mass is 10.1. The molecule has 14 heavy (non-hydrogen) atoms. The predicted molar refractivity (Wildman–Crippen MR) is 53.5 cm³/mol. The Balaban J connectivity index is 3.13. The van der Waals surface area contributed by atoms with Gasteiger partial charge in [0.1, 0.15) is 5.75 Å². The van der Waals surface area contributed by atoms with Crippen molar-refractivity contribution >= 4 is 0 Å². The summed E-state index contributed by atoms with van der Waals surface area (Å²) in [5.41, 5.74) is 0.922. The SMILES string of the molecule is Cc1c(O)cc(CCCO)n(C)c1=O. The fourth-order valence-electron chi connectivity index (χ4n) is 1.35. The Labute approximate surface area is 82.4 Å². The van der Waals surface area contributed by atoms with Crippen molar-refractivity contribution in [2.45, 2.75) is 19.8 Å². The van der Waals surface area contributed by atoms with Gasteiger partial charge in [0.15, 0.2) is 0 Å². The van der Waals surface area contributed by atoms with Crippen LogP contribution in [0.1, 0.15) is 17.7 Å². The van der Waals surface area contributed by atoms with Gasteiger partial charge in [0.2, 0.25) is 0 Å². The third-order valence-electron chi connectivity index (χ3n) is 2.33. The molecule has 0 aliphatic rings. The molecule has 2 N–H and O–H groups in total. The van der Waals surface area contributed by atoms with Crippen molar-refractivity contribution in [2.75, 3.05) is 6.61 Å². The topological polar surface area (TPSA) is 62.5 Å². The highest BCUT2D eigenvalue weighted by molar-refractivity contribution is 5.31. The smallest absolute Gasteiger partial charge is 0.257 e. The summed E-state index contributed by atoms with van der Waals surface area (Å²) in [5, 5.41) is 18.1. The van der Waals surface area contributed by atoms with Gasteiger partial charge in [-0.3, -0.25) is 4.79 Å². The minimum absolute atomic E-state index is 0.0287. The normalized spacial score (nSPS) is 10.5. The molecule has 0 saturated carbocycles. The first-order chi connectivity index (χ1) is 6.57. The van der Waals surface area contributed by atoms with Gasteiger partial charge in [-0.05, 0) is 25.8 Å². The van der Waals surface area contributed by atoms with Crippen molar-refractivity contribution in [3.63, 3.8) is 0 Å². The number of hydrogen-bond donors (Lipinski definition) is 2. The van der Waals surface area contributed by atoms with E-state index in [-0.39, 0.29) is 17.9 Å². The molecule has 0 spiro atoms. The maximum absolute atomic E-state index is 11.5. The molecular formula is C10H15NO3. The summed E-state index contributed by atoms with van der Waals surface area (Å²) in [7, 11) is 1.67. The molecule has 78 valence electrons. The second kappa shape index (κ2) is 4.28. The van der Waals surface area contributed by atoms with Crippen LogP contribution in [0, 0.1) is 6.92 Å². The highest BCUT2D eigenvalue weighted by Crippen LogP contribution is 2.14. The van der Waals surface area contributed by atoms with E-state index in [2.05, 4.69) is 0 Å². The van der Waals surface area contributed by atoms with E-state index in [0.29, 0.717) is 18.4 Å². The molecule has 4 nitrogen and oxygen atoms in total. The van der Waals surface area contributed by atoms with E-state index in [4.69, 9.17) is 5.11 Å². The average Bonchev–Trinajstić information content (AvgIpc) is 2.18.